The summed E-state index contributed by atoms with van der Waals surface area (Å²) in [5, 5.41) is 9.94. The highest BCUT2D eigenvalue weighted by atomic mass is 16.6. The second kappa shape index (κ2) is 3.77. The Labute approximate surface area is 53.1 Å². The summed E-state index contributed by atoms with van der Waals surface area (Å²) in [5.41, 5.74) is 0. The van der Waals surface area contributed by atoms with Crippen molar-refractivity contribution in [2.75, 3.05) is 0 Å². The maximum Gasteiger partial charge on any atom is 0.358 e. The van der Waals surface area contributed by atoms with Crippen LogP contribution in [0.25, 0.3) is 0 Å². The molecule has 9 heavy (non-hydrogen) atoms. The first-order valence-electron chi connectivity index (χ1n) is 2.51. The van der Waals surface area contributed by atoms with E-state index in [-0.39, 0.29) is 5.82 Å². The van der Waals surface area contributed by atoms with Gasteiger partial charge < -0.3 is 10.1 Å². The van der Waals surface area contributed by atoms with E-state index in [1.54, 1.807) is 13.8 Å². The van der Waals surface area contributed by atoms with Crippen molar-refractivity contribution in [3.63, 3.8) is 0 Å². The Hall–Kier alpha value is -1.19. The van der Waals surface area contributed by atoms with Gasteiger partial charge in [0, 0.05) is 6.08 Å². The minimum Gasteiger partial charge on any atom is -0.358 e. The Kier molecular flexibility index (Phi) is 3.27. The van der Waals surface area contributed by atoms with Crippen LogP contribution in [0.3, 0.4) is 0 Å². The topological polar surface area (TPSA) is 55.5 Å². The first-order chi connectivity index (χ1) is 4.22. The molecule has 0 atom stereocenters. The van der Waals surface area contributed by atoms with Gasteiger partial charge in [-0.1, -0.05) is 4.99 Å². The average molecular weight is 128 g/mol. The molecule has 0 aromatic rings. The normalized spacial score (nSPS) is 12.4. The number of rotatable bonds is 2. The quantitative estimate of drug-likeness (QED) is 0.319. The standard InChI is InChI=1S/C5H8N2O2/c1-3-5(6-4-2)7(8)9/h3-4H,1-2H3/b5-3+,6-4?. The summed E-state index contributed by atoms with van der Waals surface area (Å²) in [4.78, 5) is 12.9. The fourth-order valence-electron chi connectivity index (χ4n) is 0.359. The summed E-state index contributed by atoms with van der Waals surface area (Å²) >= 11 is 0. The Morgan fingerprint density at radius 2 is 2.22 bits per heavy atom. The third-order valence-electron chi connectivity index (χ3n) is 0.707. The van der Waals surface area contributed by atoms with E-state index in [0.29, 0.717) is 0 Å². The van der Waals surface area contributed by atoms with E-state index in [0.717, 1.165) is 0 Å². The van der Waals surface area contributed by atoms with E-state index in [1.165, 1.54) is 12.3 Å². The lowest BCUT2D eigenvalue weighted by Gasteiger charge is -1.87. The Morgan fingerprint density at radius 1 is 1.67 bits per heavy atom. The van der Waals surface area contributed by atoms with Crippen LogP contribution in [0.1, 0.15) is 13.8 Å². The zero-order valence-electron chi connectivity index (χ0n) is 5.37. The zero-order valence-corrected chi connectivity index (χ0v) is 5.37. The molecule has 0 amide bonds. The third kappa shape index (κ3) is 2.58. The molecule has 0 aromatic carbocycles. The van der Waals surface area contributed by atoms with E-state index in [2.05, 4.69) is 4.99 Å². The first-order valence-corrected chi connectivity index (χ1v) is 2.51. The van der Waals surface area contributed by atoms with Gasteiger partial charge in [0.15, 0.2) is 0 Å². The van der Waals surface area contributed by atoms with E-state index in [1.807, 2.05) is 0 Å². The molecule has 0 N–H and O–H groups in total. The maximum atomic E-state index is 9.94. The largest absolute Gasteiger partial charge is 0.358 e. The smallest absolute Gasteiger partial charge is 0.358 e. The molecule has 0 aliphatic rings. The van der Waals surface area contributed by atoms with Crippen molar-refractivity contribution in [3.05, 3.63) is 22.0 Å². The second-order valence-corrected chi connectivity index (χ2v) is 1.29. The van der Waals surface area contributed by atoms with E-state index >= 15 is 0 Å². The van der Waals surface area contributed by atoms with E-state index in [9.17, 15) is 10.1 Å². The molecule has 0 saturated heterocycles. The number of aliphatic imine (C=N–C) groups is 1. The van der Waals surface area contributed by atoms with Crippen molar-refractivity contribution in [1.29, 1.82) is 0 Å². The number of hydrogen-bond acceptors (Lipinski definition) is 3. The van der Waals surface area contributed by atoms with Gasteiger partial charge in [-0.2, -0.15) is 0 Å². The predicted molar refractivity (Wildman–Crippen MR) is 34.9 cm³/mol. The molecule has 0 saturated carbocycles. The Balaban J connectivity index is 4.19. The molecular formula is C5H8N2O2. The second-order valence-electron chi connectivity index (χ2n) is 1.29. The summed E-state index contributed by atoms with van der Waals surface area (Å²) in [5.74, 6) is -0.113. The predicted octanol–water partition coefficient (Wildman–Crippen LogP) is 1.22. The average Bonchev–Trinajstić information content (AvgIpc) is 1.82. The SMILES string of the molecule is CC=N/C(=C\C)[N+](=O)[O-]. The summed E-state index contributed by atoms with van der Waals surface area (Å²) in [7, 11) is 0. The van der Waals surface area contributed by atoms with Gasteiger partial charge >= 0.3 is 5.82 Å². The molecule has 0 fully saturated rings. The lowest BCUT2D eigenvalue weighted by molar-refractivity contribution is -0.426. The van der Waals surface area contributed by atoms with Crippen LogP contribution in [-0.2, 0) is 0 Å². The Bertz CT molecular complexity index is 160. The van der Waals surface area contributed by atoms with Crippen LogP contribution >= 0.6 is 0 Å². The lowest BCUT2D eigenvalue weighted by atomic mass is 10.6. The molecule has 4 nitrogen and oxygen atoms in total. The first kappa shape index (κ1) is 7.81. The van der Waals surface area contributed by atoms with Gasteiger partial charge in [0.05, 0.1) is 0 Å². The fourth-order valence-corrected chi connectivity index (χ4v) is 0.359. The van der Waals surface area contributed by atoms with Gasteiger partial charge in [0.25, 0.3) is 0 Å². The van der Waals surface area contributed by atoms with Crippen LogP contribution in [0.15, 0.2) is 16.9 Å². The molecule has 50 valence electrons. The number of nitrogens with zero attached hydrogens (tertiary/aromatic N) is 2. The fraction of sp³-hybridized carbons (Fsp3) is 0.400. The highest BCUT2D eigenvalue weighted by Crippen LogP contribution is 1.94. The maximum absolute atomic E-state index is 9.94. The Morgan fingerprint density at radius 3 is 2.33 bits per heavy atom. The zero-order chi connectivity index (χ0) is 7.28. The van der Waals surface area contributed by atoms with Crippen LogP contribution in [-0.4, -0.2) is 11.1 Å². The van der Waals surface area contributed by atoms with Gasteiger partial charge in [-0.15, -0.1) is 0 Å². The summed E-state index contributed by atoms with van der Waals surface area (Å²) in [6.45, 7) is 3.21. The van der Waals surface area contributed by atoms with Gasteiger partial charge in [0.2, 0.25) is 0 Å². The molecule has 0 bridgehead atoms. The molecule has 4 heteroatoms. The van der Waals surface area contributed by atoms with Crippen LogP contribution < -0.4 is 0 Å². The van der Waals surface area contributed by atoms with Crippen LogP contribution in [0, 0.1) is 10.1 Å². The van der Waals surface area contributed by atoms with Crippen LogP contribution in [0.5, 0.6) is 0 Å². The monoisotopic (exact) mass is 128 g/mol. The highest BCUT2D eigenvalue weighted by Gasteiger charge is 2.01. The molecule has 0 aliphatic heterocycles. The van der Waals surface area contributed by atoms with Gasteiger partial charge in [-0.05, 0) is 18.8 Å². The van der Waals surface area contributed by atoms with Crippen molar-refractivity contribution in [3.8, 4) is 0 Å². The van der Waals surface area contributed by atoms with E-state index in [4.69, 9.17) is 0 Å². The third-order valence-corrected chi connectivity index (χ3v) is 0.707. The molecule has 0 unspecified atom stereocenters. The van der Waals surface area contributed by atoms with Gasteiger partial charge in [-0.3, -0.25) is 0 Å². The molecule has 0 radical (unpaired) electrons. The molecule has 0 spiro atoms. The number of hydrogen-bond donors (Lipinski definition) is 0. The molecular weight excluding hydrogens is 120 g/mol. The minimum atomic E-state index is -0.528. The molecule has 0 rings (SSSR count). The molecule has 0 aromatic heterocycles. The van der Waals surface area contributed by atoms with Crippen LogP contribution in [0.4, 0.5) is 0 Å². The van der Waals surface area contributed by atoms with Crippen molar-refractivity contribution < 1.29 is 4.92 Å². The van der Waals surface area contributed by atoms with E-state index < -0.39 is 4.92 Å². The summed E-state index contributed by atoms with van der Waals surface area (Å²) in [6, 6.07) is 0. The van der Waals surface area contributed by atoms with Gasteiger partial charge in [-0.25, -0.2) is 0 Å². The van der Waals surface area contributed by atoms with Gasteiger partial charge in [0.1, 0.15) is 6.21 Å². The van der Waals surface area contributed by atoms with Crippen molar-refractivity contribution in [1.82, 2.24) is 0 Å². The van der Waals surface area contributed by atoms with Crippen molar-refractivity contribution in [2.24, 2.45) is 4.99 Å². The highest BCUT2D eigenvalue weighted by molar-refractivity contribution is 5.54. The summed E-state index contributed by atoms with van der Waals surface area (Å²) < 4.78 is 0. The minimum absolute atomic E-state index is 0.113. The van der Waals surface area contributed by atoms with Crippen LogP contribution in [0.2, 0.25) is 0 Å². The van der Waals surface area contributed by atoms with Crippen molar-refractivity contribution >= 4 is 6.21 Å². The van der Waals surface area contributed by atoms with Crippen molar-refractivity contribution in [2.45, 2.75) is 13.8 Å². The lowest BCUT2D eigenvalue weighted by Crippen LogP contribution is -1.94. The number of allylic oxidation sites excluding steroid dienone is 1. The number of nitro groups is 1. The molecule has 0 heterocycles. The summed E-state index contributed by atoms with van der Waals surface area (Å²) in [6.07, 6.45) is 2.73. The molecule has 0 aliphatic carbocycles.